The normalized spacial score (nSPS) is 15.4. The van der Waals surface area contributed by atoms with Crippen molar-refractivity contribution in [3.8, 4) is 0 Å². The summed E-state index contributed by atoms with van der Waals surface area (Å²) >= 11 is 0. The van der Waals surface area contributed by atoms with Gasteiger partial charge in [0.25, 0.3) is 0 Å². The van der Waals surface area contributed by atoms with Gasteiger partial charge in [-0.2, -0.15) is 0 Å². The first-order valence-electron chi connectivity index (χ1n) is 4.98. The van der Waals surface area contributed by atoms with E-state index in [1.54, 1.807) is 21.3 Å². The van der Waals surface area contributed by atoms with E-state index in [4.69, 9.17) is 14.2 Å². The van der Waals surface area contributed by atoms with Crippen LogP contribution >= 0.6 is 0 Å². The molecule has 1 unspecified atom stereocenters. The van der Waals surface area contributed by atoms with Crippen LogP contribution in [0.25, 0.3) is 0 Å². The largest absolute Gasteiger partial charge is 0.385 e. The minimum absolute atomic E-state index is 0.190. The molecular formula is C10H23NO3. The van der Waals surface area contributed by atoms with Gasteiger partial charge in [-0.3, -0.25) is 0 Å². The summed E-state index contributed by atoms with van der Waals surface area (Å²) in [5.74, 6) is 0. The van der Waals surface area contributed by atoms with E-state index in [1.807, 2.05) is 7.05 Å². The number of methoxy groups -OCH3 is 3. The molecule has 0 saturated carbocycles. The monoisotopic (exact) mass is 205 g/mol. The van der Waals surface area contributed by atoms with Crippen molar-refractivity contribution in [3.05, 3.63) is 0 Å². The van der Waals surface area contributed by atoms with Gasteiger partial charge in [0.1, 0.15) is 0 Å². The highest BCUT2D eigenvalue weighted by Crippen LogP contribution is 2.07. The first-order valence-corrected chi connectivity index (χ1v) is 4.98. The second-order valence-electron chi connectivity index (χ2n) is 3.26. The Labute approximate surface area is 86.9 Å². The molecule has 4 nitrogen and oxygen atoms in total. The average molecular weight is 205 g/mol. The lowest BCUT2D eigenvalue weighted by molar-refractivity contribution is 0.0265. The molecule has 0 fully saturated rings. The van der Waals surface area contributed by atoms with E-state index in [-0.39, 0.29) is 12.1 Å². The van der Waals surface area contributed by atoms with Gasteiger partial charge in [0.05, 0.1) is 18.8 Å². The average Bonchev–Trinajstić information content (AvgIpc) is 2.22. The van der Waals surface area contributed by atoms with Gasteiger partial charge in [0.15, 0.2) is 0 Å². The molecule has 2 atom stereocenters. The van der Waals surface area contributed by atoms with Crippen molar-refractivity contribution in [1.29, 1.82) is 0 Å². The van der Waals surface area contributed by atoms with Crippen LogP contribution in [0.4, 0.5) is 0 Å². The molecule has 1 N–H and O–H groups in total. The number of likely N-dealkylation sites (N-methyl/N-ethyl adjacent to an activating group) is 1. The molecule has 0 aliphatic rings. The molecule has 0 aliphatic carbocycles. The molecular weight excluding hydrogens is 182 g/mol. The van der Waals surface area contributed by atoms with Crippen LogP contribution in [-0.4, -0.2) is 53.7 Å². The standard InChI is InChI=1S/C10H23NO3/c1-11-9(8-13-3)10(14-4)6-5-7-12-2/h9-11H,5-8H2,1-4H3/t9?,10-/m1/s1. The van der Waals surface area contributed by atoms with Crippen molar-refractivity contribution >= 4 is 0 Å². The van der Waals surface area contributed by atoms with Crippen LogP contribution in [0, 0.1) is 0 Å². The van der Waals surface area contributed by atoms with Crippen molar-refractivity contribution in [2.24, 2.45) is 0 Å². The van der Waals surface area contributed by atoms with Crippen LogP contribution in [-0.2, 0) is 14.2 Å². The number of hydrogen-bond acceptors (Lipinski definition) is 4. The number of hydrogen-bond donors (Lipinski definition) is 1. The van der Waals surface area contributed by atoms with Crippen molar-refractivity contribution in [1.82, 2.24) is 5.32 Å². The fraction of sp³-hybridized carbons (Fsp3) is 1.00. The van der Waals surface area contributed by atoms with E-state index in [9.17, 15) is 0 Å². The lowest BCUT2D eigenvalue weighted by Crippen LogP contribution is -2.42. The molecule has 0 spiro atoms. The number of rotatable bonds is 9. The van der Waals surface area contributed by atoms with E-state index in [0.717, 1.165) is 19.4 Å². The van der Waals surface area contributed by atoms with E-state index in [1.165, 1.54) is 0 Å². The maximum absolute atomic E-state index is 5.40. The Bertz CT molecular complexity index is 122. The Kier molecular flexibility index (Phi) is 9.29. The summed E-state index contributed by atoms with van der Waals surface area (Å²) in [6.07, 6.45) is 2.19. The van der Waals surface area contributed by atoms with Crippen molar-refractivity contribution in [2.45, 2.75) is 25.0 Å². The summed E-state index contributed by atoms with van der Waals surface area (Å²) in [7, 11) is 7.07. The van der Waals surface area contributed by atoms with Crippen LogP contribution in [0.15, 0.2) is 0 Å². The molecule has 0 aromatic carbocycles. The molecule has 0 saturated heterocycles. The molecule has 0 aliphatic heterocycles. The van der Waals surface area contributed by atoms with Gasteiger partial charge in [-0.1, -0.05) is 0 Å². The van der Waals surface area contributed by atoms with Gasteiger partial charge in [-0.25, -0.2) is 0 Å². The lowest BCUT2D eigenvalue weighted by Gasteiger charge is -2.24. The van der Waals surface area contributed by atoms with Crippen molar-refractivity contribution in [2.75, 3.05) is 41.6 Å². The molecule has 0 heterocycles. The number of ether oxygens (including phenoxy) is 3. The van der Waals surface area contributed by atoms with Crippen molar-refractivity contribution in [3.63, 3.8) is 0 Å². The smallest absolute Gasteiger partial charge is 0.0747 e. The molecule has 0 rings (SSSR count). The zero-order valence-corrected chi connectivity index (χ0v) is 9.71. The van der Waals surface area contributed by atoms with E-state index in [2.05, 4.69) is 5.32 Å². The highest BCUT2D eigenvalue weighted by molar-refractivity contribution is 4.75. The zero-order valence-electron chi connectivity index (χ0n) is 9.71. The third-order valence-corrected chi connectivity index (χ3v) is 2.31. The van der Waals surface area contributed by atoms with Crippen LogP contribution in [0.5, 0.6) is 0 Å². The van der Waals surface area contributed by atoms with Crippen LogP contribution in [0.3, 0.4) is 0 Å². The maximum Gasteiger partial charge on any atom is 0.0747 e. The van der Waals surface area contributed by atoms with E-state index in [0.29, 0.717) is 6.61 Å². The minimum atomic E-state index is 0.190. The molecule has 0 radical (unpaired) electrons. The topological polar surface area (TPSA) is 39.7 Å². The van der Waals surface area contributed by atoms with E-state index >= 15 is 0 Å². The van der Waals surface area contributed by atoms with Crippen LogP contribution in [0.2, 0.25) is 0 Å². The molecule has 0 amide bonds. The Morgan fingerprint density at radius 1 is 1.14 bits per heavy atom. The van der Waals surface area contributed by atoms with Crippen molar-refractivity contribution < 1.29 is 14.2 Å². The van der Waals surface area contributed by atoms with Gasteiger partial charge >= 0.3 is 0 Å². The summed E-state index contributed by atoms with van der Waals surface area (Å²) in [6, 6.07) is 0.252. The third-order valence-electron chi connectivity index (χ3n) is 2.31. The molecule has 14 heavy (non-hydrogen) atoms. The first kappa shape index (κ1) is 13.8. The second-order valence-corrected chi connectivity index (χ2v) is 3.26. The molecule has 0 bridgehead atoms. The van der Waals surface area contributed by atoms with Crippen LogP contribution < -0.4 is 5.32 Å². The van der Waals surface area contributed by atoms with Crippen LogP contribution in [0.1, 0.15) is 12.8 Å². The Morgan fingerprint density at radius 2 is 1.86 bits per heavy atom. The Morgan fingerprint density at radius 3 is 2.29 bits per heavy atom. The summed E-state index contributed by atoms with van der Waals surface area (Å²) in [5, 5.41) is 3.19. The lowest BCUT2D eigenvalue weighted by atomic mass is 10.1. The fourth-order valence-corrected chi connectivity index (χ4v) is 1.47. The predicted octanol–water partition coefficient (Wildman–Crippen LogP) is 0.662. The summed E-state index contributed by atoms with van der Waals surface area (Å²) in [4.78, 5) is 0. The second kappa shape index (κ2) is 9.40. The SMILES string of the molecule is CNC(COC)[C@@H](CCCOC)OC. The first-order chi connectivity index (χ1) is 6.79. The highest BCUT2D eigenvalue weighted by Gasteiger charge is 2.18. The summed E-state index contributed by atoms with van der Waals surface area (Å²) in [6.45, 7) is 1.45. The van der Waals surface area contributed by atoms with E-state index < -0.39 is 0 Å². The third kappa shape index (κ3) is 5.54. The van der Waals surface area contributed by atoms with Gasteiger partial charge in [0.2, 0.25) is 0 Å². The number of nitrogens with one attached hydrogen (secondary N) is 1. The summed E-state index contributed by atoms with van der Waals surface area (Å²) in [5.41, 5.74) is 0. The molecule has 0 aromatic heterocycles. The molecule has 4 heteroatoms. The Hall–Kier alpha value is -0.160. The molecule has 86 valence electrons. The maximum atomic E-state index is 5.40. The zero-order chi connectivity index (χ0) is 10.8. The van der Waals surface area contributed by atoms with Gasteiger partial charge in [-0.15, -0.1) is 0 Å². The Balaban J connectivity index is 3.81. The minimum Gasteiger partial charge on any atom is -0.385 e. The highest BCUT2D eigenvalue weighted by atomic mass is 16.5. The van der Waals surface area contributed by atoms with Gasteiger partial charge in [0, 0.05) is 27.9 Å². The predicted molar refractivity (Wildman–Crippen MR) is 56.6 cm³/mol. The molecule has 0 aromatic rings. The summed E-state index contributed by atoms with van der Waals surface area (Å²) < 4.78 is 15.5. The fourth-order valence-electron chi connectivity index (χ4n) is 1.47. The van der Waals surface area contributed by atoms with Gasteiger partial charge in [-0.05, 0) is 19.9 Å². The van der Waals surface area contributed by atoms with Gasteiger partial charge < -0.3 is 19.5 Å². The quantitative estimate of drug-likeness (QED) is 0.561.